The van der Waals surface area contributed by atoms with Crippen LogP contribution in [0.1, 0.15) is 16.1 Å². The number of aryl methyl sites for hydroxylation is 1. The summed E-state index contributed by atoms with van der Waals surface area (Å²) in [6.45, 7) is 1.71. The lowest BCUT2D eigenvalue weighted by Crippen LogP contribution is -1.76. The van der Waals surface area contributed by atoms with Gasteiger partial charge < -0.3 is 19.7 Å². The summed E-state index contributed by atoms with van der Waals surface area (Å²) in [4.78, 5) is 10.5. The zero-order chi connectivity index (χ0) is 12.3. The third kappa shape index (κ3) is 1.85. The van der Waals surface area contributed by atoms with Gasteiger partial charge in [-0.2, -0.15) is 0 Å². The largest absolute Gasteiger partial charge is 0.504 e. The highest BCUT2D eigenvalue weighted by Crippen LogP contribution is 2.33. The number of aliphatic hydroxyl groups is 1. The van der Waals surface area contributed by atoms with Crippen molar-refractivity contribution in [2.75, 3.05) is 7.11 Å². The fourth-order valence-corrected chi connectivity index (χ4v) is 1.38. The highest BCUT2D eigenvalue weighted by Gasteiger charge is 2.12. The van der Waals surface area contributed by atoms with Crippen molar-refractivity contribution in [2.45, 2.75) is 6.92 Å². The maximum atomic E-state index is 10.5. The molecule has 5 heteroatoms. The summed E-state index contributed by atoms with van der Waals surface area (Å²) >= 11 is 0. The number of hydrogen-bond donors (Lipinski definition) is 3. The monoisotopic (exact) mass is 224 g/mol. The third-order valence-corrected chi connectivity index (χ3v) is 2.18. The lowest BCUT2D eigenvalue weighted by Gasteiger charge is -1.95. The van der Waals surface area contributed by atoms with Crippen LogP contribution in [-0.2, 0) is 0 Å². The summed E-state index contributed by atoms with van der Waals surface area (Å²) in [7, 11) is 1.00. The van der Waals surface area contributed by atoms with Gasteiger partial charge in [0.1, 0.15) is 5.58 Å². The normalized spacial score (nSPS) is 9.69. The number of aldehydes is 1. The van der Waals surface area contributed by atoms with Gasteiger partial charge in [0.15, 0.2) is 23.5 Å². The molecule has 0 bridgehead atoms. The van der Waals surface area contributed by atoms with Gasteiger partial charge in [-0.05, 0) is 13.0 Å². The number of phenols is 2. The van der Waals surface area contributed by atoms with Crippen LogP contribution in [0.3, 0.4) is 0 Å². The average Bonchev–Trinajstić information content (AvgIpc) is 2.60. The summed E-state index contributed by atoms with van der Waals surface area (Å²) in [5, 5.41) is 26.1. The molecule has 3 N–H and O–H groups in total. The van der Waals surface area contributed by atoms with Gasteiger partial charge in [0.2, 0.25) is 0 Å². The first-order valence-corrected chi connectivity index (χ1v) is 4.48. The van der Waals surface area contributed by atoms with Crippen LogP contribution in [0.15, 0.2) is 16.5 Å². The van der Waals surface area contributed by atoms with Gasteiger partial charge in [-0.25, -0.2) is 0 Å². The molecule has 0 unspecified atom stereocenters. The van der Waals surface area contributed by atoms with Crippen molar-refractivity contribution >= 4 is 17.3 Å². The molecule has 0 aliphatic rings. The number of rotatable bonds is 1. The van der Waals surface area contributed by atoms with E-state index in [0.29, 0.717) is 22.8 Å². The predicted octanol–water partition coefficient (Wildman–Crippen LogP) is 1.57. The molecular weight excluding hydrogens is 212 g/mol. The van der Waals surface area contributed by atoms with Gasteiger partial charge in [-0.15, -0.1) is 0 Å². The van der Waals surface area contributed by atoms with Crippen LogP contribution in [-0.4, -0.2) is 28.7 Å². The predicted molar refractivity (Wildman–Crippen MR) is 57.8 cm³/mol. The standard InChI is InChI=1S/C10H8O4.CH4O/c1-5-6-2-7(12)8(13)3-9(6)14-10(5)4-11;1-2/h2-4,12-13H,1H3;2H,1H3. The Kier molecular flexibility index (Phi) is 3.52. The number of carbonyl (C=O) groups is 1. The molecule has 0 saturated carbocycles. The maximum absolute atomic E-state index is 10.5. The van der Waals surface area contributed by atoms with Gasteiger partial charge in [0, 0.05) is 24.1 Å². The molecular formula is C11H12O5. The first kappa shape index (κ1) is 12.1. The molecule has 1 aromatic carbocycles. The Labute approximate surface area is 91.6 Å². The van der Waals surface area contributed by atoms with Crippen molar-refractivity contribution in [2.24, 2.45) is 0 Å². The molecule has 5 nitrogen and oxygen atoms in total. The van der Waals surface area contributed by atoms with Crippen LogP contribution in [0.4, 0.5) is 0 Å². The second-order valence-corrected chi connectivity index (χ2v) is 3.05. The number of aromatic hydroxyl groups is 2. The fraction of sp³-hybridized carbons (Fsp3) is 0.182. The second kappa shape index (κ2) is 4.67. The number of aliphatic hydroxyl groups excluding tert-OH is 1. The Balaban J connectivity index is 0.000000606. The second-order valence-electron chi connectivity index (χ2n) is 3.05. The first-order chi connectivity index (χ1) is 7.63. The molecule has 0 spiro atoms. The molecule has 16 heavy (non-hydrogen) atoms. The van der Waals surface area contributed by atoms with Crippen molar-refractivity contribution in [3.05, 3.63) is 23.5 Å². The molecule has 0 aliphatic carbocycles. The first-order valence-electron chi connectivity index (χ1n) is 4.48. The molecule has 1 heterocycles. The van der Waals surface area contributed by atoms with Crippen molar-refractivity contribution in [3.63, 3.8) is 0 Å². The maximum Gasteiger partial charge on any atom is 0.185 e. The zero-order valence-electron chi connectivity index (χ0n) is 8.89. The van der Waals surface area contributed by atoms with Crippen LogP contribution >= 0.6 is 0 Å². The number of phenolic OH excluding ortho intramolecular Hbond substituents is 2. The molecule has 0 fully saturated rings. The number of benzene rings is 1. The summed E-state index contributed by atoms with van der Waals surface area (Å²) in [6.07, 6.45) is 0.601. The van der Waals surface area contributed by atoms with Crippen molar-refractivity contribution < 1.29 is 24.5 Å². The van der Waals surface area contributed by atoms with E-state index in [1.807, 2.05) is 0 Å². The van der Waals surface area contributed by atoms with E-state index in [9.17, 15) is 15.0 Å². The van der Waals surface area contributed by atoms with Crippen LogP contribution in [0.25, 0.3) is 11.0 Å². The quantitative estimate of drug-likeness (QED) is 0.505. The Morgan fingerprint density at radius 2 is 1.75 bits per heavy atom. The van der Waals surface area contributed by atoms with E-state index in [1.165, 1.54) is 12.1 Å². The smallest absolute Gasteiger partial charge is 0.185 e. The Morgan fingerprint density at radius 3 is 2.31 bits per heavy atom. The van der Waals surface area contributed by atoms with E-state index in [-0.39, 0.29) is 17.3 Å². The SMILES string of the molecule is CO.Cc1c(C=O)oc2cc(O)c(O)cc12. The van der Waals surface area contributed by atoms with E-state index < -0.39 is 0 Å². The molecule has 2 aromatic rings. The van der Waals surface area contributed by atoms with E-state index in [1.54, 1.807) is 6.92 Å². The fourth-order valence-electron chi connectivity index (χ4n) is 1.38. The Bertz CT molecular complexity index is 513. The number of furan rings is 1. The lowest BCUT2D eigenvalue weighted by molar-refractivity contribution is 0.110. The minimum absolute atomic E-state index is 0.213. The van der Waals surface area contributed by atoms with E-state index >= 15 is 0 Å². The molecule has 1 aromatic heterocycles. The van der Waals surface area contributed by atoms with Gasteiger partial charge in [0.25, 0.3) is 0 Å². The van der Waals surface area contributed by atoms with E-state index in [0.717, 1.165) is 7.11 Å². The van der Waals surface area contributed by atoms with Crippen LogP contribution in [0, 0.1) is 6.92 Å². The summed E-state index contributed by atoms with van der Waals surface area (Å²) < 4.78 is 5.14. The minimum atomic E-state index is -0.260. The van der Waals surface area contributed by atoms with E-state index in [2.05, 4.69) is 0 Å². The molecule has 2 rings (SSSR count). The lowest BCUT2D eigenvalue weighted by atomic mass is 10.1. The third-order valence-electron chi connectivity index (χ3n) is 2.18. The minimum Gasteiger partial charge on any atom is -0.504 e. The van der Waals surface area contributed by atoms with Gasteiger partial charge in [0.05, 0.1) is 0 Å². The Morgan fingerprint density at radius 1 is 1.19 bits per heavy atom. The molecule has 0 saturated heterocycles. The zero-order valence-corrected chi connectivity index (χ0v) is 8.89. The topological polar surface area (TPSA) is 90.9 Å². The summed E-state index contributed by atoms with van der Waals surface area (Å²) in [6, 6.07) is 2.65. The number of carbonyl (C=O) groups excluding carboxylic acids is 1. The Hall–Kier alpha value is -2.01. The van der Waals surface area contributed by atoms with Crippen molar-refractivity contribution in [1.82, 2.24) is 0 Å². The average molecular weight is 224 g/mol. The van der Waals surface area contributed by atoms with Crippen LogP contribution in [0.2, 0.25) is 0 Å². The number of fused-ring (bicyclic) bond motifs is 1. The highest BCUT2D eigenvalue weighted by molar-refractivity contribution is 5.91. The molecule has 0 aliphatic heterocycles. The van der Waals surface area contributed by atoms with Crippen LogP contribution < -0.4 is 0 Å². The van der Waals surface area contributed by atoms with Crippen LogP contribution in [0.5, 0.6) is 11.5 Å². The molecule has 0 radical (unpaired) electrons. The molecule has 0 atom stereocenters. The molecule has 0 amide bonds. The van der Waals surface area contributed by atoms with Gasteiger partial charge in [-0.3, -0.25) is 4.79 Å². The van der Waals surface area contributed by atoms with Gasteiger partial charge >= 0.3 is 0 Å². The highest BCUT2D eigenvalue weighted by atomic mass is 16.3. The number of hydrogen-bond acceptors (Lipinski definition) is 5. The van der Waals surface area contributed by atoms with Gasteiger partial charge in [-0.1, -0.05) is 0 Å². The van der Waals surface area contributed by atoms with Crippen molar-refractivity contribution in [3.8, 4) is 11.5 Å². The summed E-state index contributed by atoms with van der Waals surface area (Å²) in [5.41, 5.74) is 1.05. The molecule has 86 valence electrons. The van der Waals surface area contributed by atoms with E-state index in [4.69, 9.17) is 9.52 Å². The summed E-state index contributed by atoms with van der Waals surface area (Å²) in [5.74, 6) is -0.271. The van der Waals surface area contributed by atoms with Crippen molar-refractivity contribution in [1.29, 1.82) is 0 Å².